The minimum Gasteiger partial charge on any atom is -0.493 e. The van der Waals surface area contributed by atoms with Gasteiger partial charge in [0.15, 0.2) is 11.5 Å². The number of benzene rings is 1. The van der Waals surface area contributed by atoms with Gasteiger partial charge >= 0.3 is 0 Å². The first-order valence-corrected chi connectivity index (χ1v) is 8.37. The molecule has 0 saturated carbocycles. The lowest BCUT2D eigenvalue weighted by atomic mass is 10.2. The predicted molar refractivity (Wildman–Crippen MR) is 94.9 cm³/mol. The van der Waals surface area contributed by atoms with E-state index in [1.54, 1.807) is 19.3 Å². The van der Waals surface area contributed by atoms with Gasteiger partial charge in [-0.3, -0.25) is 4.79 Å². The van der Waals surface area contributed by atoms with Crippen LogP contribution in [0, 0.1) is 0 Å². The Morgan fingerprint density at radius 3 is 2.65 bits per heavy atom. The van der Waals surface area contributed by atoms with Gasteiger partial charge in [-0.2, -0.15) is 0 Å². The van der Waals surface area contributed by atoms with Crippen LogP contribution in [0.25, 0.3) is 6.08 Å². The van der Waals surface area contributed by atoms with Gasteiger partial charge in [0.25, 0.3) is 0 Å². The van der Waals surface area contributed by atoms with Gasteiger partial charge in [0.05, 0.1) is 13.2 Å². The second kappa shape index (κ2) is 10.7. The molecule has 1 N–H and O–H groups in total. The van der Waals surface area contributed by atoms with Crippen molar-refractivity contribution in [3.05, 3.63) is 29.8 Å². The van der Waals surface area contributed by atoms with Crippen molar-refractivity contribution < 1.29 is 14.3 Å². The Balaban J connectivity index is 2.54. The summed E-state index contributed by atoms with van der Waals surface area (Å²) in [5.41, 5.74) is 0.902. The first-order chi connectivity index (χ1) is 11.1. The number of carbonyl (C=O) groups is 1. The average molecular weight is 319 g/mol. The lowest BCUT2D eigenvalue weighted by Gasteiger charge is -2.13. The topological polar surface area (TPSA) is 47.6 Å². The van der Waals surface area contributed by atoms with Crippen molar-refractivity contribution in [3.8, 4) is 11.5 Å². The minimum atomic E-state index is -0.0667. The molecule has 0 aliphatic rings. The van der Waals surface area contributed by atoms with E-state index in [1.165, 1.54) is 12.8 Å². The zero-order chi connectivity index (χ0) is 17.1. The van der Waals surface area contributed by atoms with Crippen molar-refractivity contribution in [1.29, 1.82) is 0 Å². The van der Waals surface area contributed by atoms with Gasteiger partial charge in [-0.25, -0.2) is 0 Å². The molecule has 0 bridgehead atoms. The van der Waals surface area contributed by atoms with Crippen LogP contribution in [0.3, 0.4) is 0 Å². The first kappa shape index (κ1) is 19.1. The lowest BCUT2D eigenvalue weighted by Crippen LogP contribution is -2.21. The normalized spacial score (nSPS) is 11.0. The molecule has 4 heteroatoms. The minimum absolute atomic E-state index is 0.0667. The molecule has 0 unspecified atom stereocenters. The number of amides is 1. The summed E-state index contributed by atoms with van der Waals surface area (Å²) in [4.78, 5) is 11.8. The fraction of sp³-hybridized carbons (Fsp3) is 0.526. The Hall–Kier alpha value is -1.97. The van der Waals surface area contributed by atoms with Crippen molar-refractivity contribution >= 4 is 12.0 Å². The molecule has 1 amide bonds. The fourth-order valence-corrected chi connectivity index (χ4v) is 2.13. The van der Waals surface area contributed by atoms with Gasteiger partial charge in [0.1, 0.15) is 0 Å². The van der Waals surface area contributed by atoms with E-state index >= 15 is 0 Å². The van der Waals surface area contributed by atoms with E-state index in [0.717, 1.165) is 24.9 Å². The Morgan fingerprint density at radius 2 is 2.00 bits per heavy atom. The Labute approximate surface area is 139 Å². The summed E-state index contributed by atoms with van der Waals surface area (Å²) in [6.45, 7) is 6.84. The summed E-state index contributed by atoms with van der Waals surface area (Å²) in [5, 5.41) is 2.90. The van der Waals surface area contributed by atoms with Gasteiger partial charge in [-0.1, -0.05) is 32.3 Å². The molecule has 0 atom stereocenters. The standard InChI is InChI=1S/C19H29NO3/c1-5-6-7-8-13-20-19(21)12-10-16-9-11-17(23-15(2)3)18(14-16)22-4/h9-12,14-15H,5-8,13H2,1-4H3,(H,20,21). The molecule has 0 aliphatic heterocycles. The van der Waals surface area contributed by atoms with E-state index in [1.807, 2.05) is 32.0 Å². The van der Waals surface area contributed by atoms with Gasteiger partial charge in [0, 0.05) is 12.6 Å². The van der Waals surface area contributed by atoms with Gasteiger partial charge < -0.3 is 14.8 Å². The summed E-state index contributed by atoms with van der Waals surface area (Å²) in [6.07, 6.45) is 8.03. The average Bonchev–Trinajstić information content (AvgIpc) is 2.53. The molecular formula is C19H29NO3. The molecule has 0 aromatic heterocycles. The maximum Gasteiger partial charge on any atom is 0.243 e. The summed E-state index contributed by atoms with van der Waals surface area (Å²) in [5.74, 6) is 1.31. The number of hydrogen-bond acceptors (Lipinski definition) is 3. The summed E-state index contributed by atoms with van der Waals surface area (Å²) >= 11 is 0. The van der Waals surface area contributed by atoms with E-state index in [-0.39, 0.29) is 12.0 Å². The van der Waals surface area contributed by atoms with E-state index in [0.29, 0.717) is 11.5 Å². The monoisotopic (exact) mass is 319 g/mol. The van der Waals surface area contributed by atoms with Gasteiger partial charge in [0.2, 0.25) is 5.91 Å². The maximum absolute atomic E-state index is 11.8. The van der Waals surface area contributed by atoms with Gasteiger partial charge in [-0.15, -0.1) is 0 Å². The van der Waals surface area contributed by atoms with Crippen molar-refractivity contribution in [3.63, 3.8) is 0 Å². The number of rotatable bonds is 10. The Bertz CT molecular complexity index is 509. The van der Waals surface area contributed by atoms with E-state index in [9.17, 15) is 4.79 Å². The Kier molecular flexibility index (Phi) is 8.88. The second-order valence-corrected chi connectivity index (χ2v) is 5.76. The molecule has 0 heterocycles. The highest BCUT2D eigenvalue weighted by Crippen LogP contribution is 2.29. The molecule has 1 rings (SSSR count). The third kappa shape index (κ3) is 7.73. The summed E-state index contributed by atoms with van der Waals surface area (Å²) < 4.78 is 11.0. The van der Waals surface area contributed by atoms with Crippen molar-refractivity contribution in [2.24, 2.45) is 0 Å². The number of methoxy groups -OCH3 is 1. The van der Waals surface area contributed by atoms with Gasteiger partial charge in [-0.05, 0) is 44.0 Å². The quantitative estimate of drug-likeness (QED) is 0.519. The van der Waals surface area contributed by atoms with Crippen LogP contribution in [0.15, 0.2) is 24.3 Å². The molecule has 0 fully saturated rings. The smallest absolute Gasteiger partial charge is 0.243 e. The second-order valence-electron chi connectivity index (χ2n) is 5.76. The molecule has 23 heavy (non-hydrogen) atoms. The number of nitrogens with one attached hydrogen (secondary N) is 1. The van der Waals surface area contributed by atoms with E-state index < -0.39 is 0 Å². The number of ether oxygens (including phenoxy) is 2. The van der Waals surface area contributed by atoms with E-state index in [4.69, 9.17) is 9.47 Å². The lowest BCUT2D eigenvalue weighted by molar-refractivity contribution is -0.116. The third-order valence-electron chi connectivity index (χ3n) is 3.31. The SMILES string of the molecule is CCCCCCNC(=O)C=Cc1ccc(OC(C)C)c(OC)c1. The van der Waals surface area contributed by atoms with Crippen LogP contribution in [0.2, 0.25) is 0 Å². The van der Waals surface area contributed by atoms with Crippen LogP contribution in [0.1, 0.15) is 52.0 Å². The van der Waals surface area contributed by atoms with Crippen LogP contribution < -0.4 is 14.8 Å². The highest BCUT2D eigenvalue weighted by Gasteiger charge is 2.06. The zero-order valence-corrected chi connectivity index (χ0v) is 14.7. The largest absolute Gasteiger partial charge is 0.493 e. The van der Waals surface area contributed by atoms with Crippen LogP contribution in [-0.4, -0.2) is 25.7 Å². The molecule has 0 saturated heterocycles. The van der Waals surface area contributed by atoms with Crippen LogP contribution >= 0.6 is 0 Å². The summed E-state index contributed by atoms with van der Waals surface area (Å²) in [6, 6.07) is 5.63. The number of hydrogen-bond donors (Lipinski definition) is 1. The maximum atomic E-state index is 11.8. The predicted octanol–water partition coefficient (Wildman–Crippen LogP) is 4.19. The number of carbonyl (C=O) groups excluding carboxylic acids is 1. The van der Waals surface area contributed by atoms with Crippen LogP contribution in [-0.2, 0) is 4.79 Å². The molecule has 128 valence electrons. The van der Waals surface area contributed by atoms with Crippen LogP contribution in [0.5, 0.6) is 11.5 Å². The Morgan fingerprint density at radius 1 is 1.22 bits per heavy atom. The van der Waals surface area contributed by atoms with Crippen molar-refractivity contribution in [1.82, 2.24) is 5.32 Å². The molecule has 0 aliphatic carbocycles. The number of unbranched alkanes of at least 4 members (excludes halogenated alkanes) is 3. The molecule has 0 radical (unpaired) electrons. The van der Waals surface area contributed by atoms with E-state index in [2.05, 4.69) is 12.2 Å². The molecule has 1 aromatic rings. The molecule has 0 spiro atoms. The molecule has 1 aromatic carbocycles. The summed E-state index contributed by atoms with van der Waals surface area (Å²) in [7, 11) is 1.61. The molecule has 4 nitrogen and oxygen atoms in total. The third-order valence-corrected chi connectivity index (χ3v) is 3.31. The zero-order valence-electron chi connectivity index (χ0n) is 14.7. The first-order valence-electron chi connectivity index (χ1n) is 8.37. The van der Waals surface area contributed by atoms with Crippen molar-refractivity contribution in [2.75, 3.05) is 13.7 Å². The van der Waals surface area contributed by atoms with Crippen molar-refractivity contribution in [2.45, 2.75) is 52.6 Å². The fourth-order valence-electron chi connectivity index (χ4n) is 2.13. The highest BCUT2D eigenvalue weighted by molar-refractivity contribution is 5.91. The molecular weight excluding hydrogens is 290 g/mol. The van der Waals surface area contributed by atoms with Crippen LogP contribution in [0.4, 0.5) is 0 Å². The highest BCUT2D eigenvalue weighted by atomic mass is 16.5.